The Morgan fingerprint density at radius 1 is 1.12 bits per heavy atom. The highest BCUT2D eigenvalue weighted by molar-refractivity contribution is 5.95. The van der Waals surface area contributed by atoms with Crippen LogP contribution in [0, 0.1) is 11.3 Å². The summed E-state index contributed by atoms with van der Waals surface area (Å²) in [6, 6.07) is 18.6. The number of carbonyl (C=O) groups is 2. The van der Waals surface area contributed by atoms with E-state index < -0.39 is 0 Å². The summed E-state index contributed by atoms with van der Waals surface area (Å²) in [6.45, 7) is 3.44. The average molecular weight is 552 g/mol. The van der Waals surface area contributed by atoms with E-state index in [1.807, 2.05) is 42.5 Å². The Labute approximate surface area is 236 Å². The highest BCUT2D eigenvalue weighted by Gasteiger charge is 2.20. The number of furan rings is 1. The van der Waals surface area contributed by atoms with Crippen molar-refractivity contribution in [2.24, 2.45) is 0 Å². The molecule has 2 fully saturated rings. The molecule has 0 unspecified atom stereocenters. The summed E-state index contributed by atoms with van der Waals surface area (Å²) in [5.74, 6) is 0.980. The number of rotatable bonds is 8. The Bertz CT molecular complexity index is 1620. The Morgan fingerprint density at radius 3 is 2.68 bits per heavy atom. The fourth-order valence-electron chi connectivity index (χ4n) is 5.09. The van der Waals surface area contributed by atoms with Gasteiger partial charge < -0.3 is 29.4 Å². The number of ether oxygens (including phenoxy) is 2. The summed E-state index contributed by atoms with van der Waals surface area (Å²) in [4.78, 5) is 30.4. The van der Waals surface area contributed by atoms with Crippen LogP contribution < -0.4 is 15.4 Å². The van der Waals surface area contributed by atoms with Gasteiger partial charge >= 0.3 is 6.03 Å². The monoisotopic (exact) mass is 551 g/mol. The predicted molar refractivity (Wildman–Crippen MR) is 151 cm³/mol. The first-order valence-electron chi connectivity index (χ1n) is 13.7. The van der Waals surface area contributed by atoms with Crippen molar-refractivity contribution >= 4 is 23.0 Å². The minimum atomic E-state index is -0.206. The normalized spacial score (nSPS) is 15.5. The minimum absolute atomic E-state index is 0.0394. The highest BCUT2D eigenvalue weighted by Crippen LogP contribution is 2.35. The van der Waals surface area contributed by atoms with E-state index in [1.165, 1.54) is 0 Å². The minimum Gasteiger partial charge on any atom is -0.489 e. The smallest absolute Gasteiger partial charge is 0.317 e. The van der Waals surface area contributed by atoms with Gasteiger partial charge in [-0.2, -0.15) is 5.26 Å². The molecule has 3 amide bonds. The number of aromatic nitrogens is 1. The lowest BCUT2D eigenvalue weighted by molar-refractivity contribution is 0.0254. The lowest BCUT2D eigenvalue weighted by atomic mass is 10.0. The maximum atomic E-state index is 12.6. The number of carbonyl (C=O) groups excluding carboxylic acids is 2. The summed E-state index contributed by atoms with van der Waals surface area (Å²) < 4.78 is 17.8. The molecule has 0 atom stereocenters. The largest absolute Gasteiger partial charge is 0.489 e. The van der Waals surface area contributed by atoms with Crippen LogP contribution in [-0.2, 0) is 4.74 Å². The summed E-state index contributed by atoms with van der Waals surface area (Å²) in [7, 11) is 0. The third-order valence-corrected chi connectivity index (χ3v) is 7.33. The van der Waals surface area contributed by atoms with E-state index in [2.05, 4.69) is 21.7 Å². The summed E-state index contributed by atoms with van der Waals surface area (Å²) in [6.07, 6.45) is 3.36. The van der Waals surface area contributed by atoms with Gasteiger partial charge in [0.2, 0.25) is 0 Å². The molecule has 2 aromatic heterocycles. The third kappa shape index (κ3) is 5.71. The van der Waals surface area contributed by atoms with E-state index in [0.29, 0.717) is 73.1 Å². The fraction of sp³-hybridized carbons (Fsp3) is 0.290. The Kier molecular flexibility index (Phi) is 7.52. The zero-order valence-electron chi connectivity index (χ0n) is 22.4. The second-order valence-corrected chi connectivity index (χ2v) is 9.99. The molecule has 2 N–H and O–H groups in total. The number of fused-ring (bicyclic) bond motifs is 1. The molecule has 6 rings (SSSR count). The molecule has 0 bridgehead atoms. The van der Waals surface area contributed by atoms with Crippen LogP contribution in [-0.4, -0.2) is 67.3 Å². The average Bonchev–Trinajstić information content (AvgIpc) is 3.64. The van der Waals surface area contributed by atoms with Gasteiger partial charge in [-0.3, -0.25) is 9.78 Å². The number of nitrogens with zero attached hydrogens (tertiary/aromatic N) is 3. The number of hydrogen-bond acceptors (Lipinski definition) is 7. The number of nitriles is 1. The van der Waals surface area contributed by atoms with E-state index in [4.69, 9.17) is 13.9 Å². The van der Waals surface area contributed by atoms with Gasteiger partial charge in [0.15, 0.2) is 5.58 Å². The summed E-state index contributed by atoms with van der Waals surface area (Å²) in [5.41, 5.74) is 4.72. The zero-order chi connectivity index (χ0) is 28.2. The summed E-state index contributed by atoms with van der Waals surface area (Å²) in [5, 5.41) is 15.4. The summed E-state index contributed by atoms with van der Waals surface area (Å²) >= 11 is 0. The van der Waals surface area contributed by atoms with Crippen LogP contribution in [0.5, 0.6) is 5.75 Å². The van der Waals surface area contributed by atoms with Crippen molar-refractivity contribution in [2.45, 2.75) is 18.9 Å². The van der Waals surface area contributed by atoms with Gasteiger partial charge in [-0.05, 0) is 35.9 Å². The second kappa shape index (κ2) is 11.7. The molecule has 4 aromatic rings. The van der Waals surface area contributed by atoms with Crippen molar-refractivity contribution in [1.82, 2.24) is 20.5 Å². The lowest BCUT2D eigenvalue weighted by Crippen LogP contribution is -2.36. The molecule has 10 heteroatoms. The molecule has 10 nitrogen and oxygen atoms in total. The molecule has 2 aliphatic heterocycles. The molecule has 2 aliphatic rings. The van der Waals surface area contributed by atoms with E-state index in [0.717, 1.165) is 29.5 Å². The predicted octanol–water partition coefficient (Wildman–Crippen LogP) is 4.35. The van der Waals surface area contributed by atoms with Crippen molar-refractivity contribution in [2.75, 3.05) is 39.4 Å². The lowest BCUT2D eigenvalue weighted by Gasteiger charge is -2.23. The van der Waals surface area contributed by atoms with Crippen molar-refractivity contribution < 1.29 is 23.5 Å². The number of amides is 3. The molecule has 4 heterocycles. The van der Waals surface area contributed by atoms with Crippen molar-refractivity contribution in [3.8, 4) is 34.3 Å². The van der Waals surface area contributed by atoms with Gasteiger partial charge in [0.05, 0.1) is 18.8 Å². The number of nitrogens with one attached hydrogen (secondary N) is 2. The maximum Gasteiger partial charge on any atom is 0.317 e. The highest BCUT2D eigenvalue weighted by atomic mass is 16.5. The standard InChI is InChI=1S/C31H29N5O5/c32-19-23-17-22(5-6-27(23)40-24-8-15-39-16-9-24)25-7-10-33-26-18-28(41-29(25)26)20-1-3-21(4-2-20)30(37)34-11-13-36-14-12-35-31(36)38/h1-7,10,17-18,24H,8-9,11-16H2,(H,34,37)(H,35,38). The van der Waals surface area contributed by atoms with Crippen molar-refractivity contribution in [3.63, 3.8) is 0 Å². The van der Waals surface area contributed by atoms with Crippen LogP contribution in [0.15, 0.2) is 65.2 Å². The van der Waals surface area contributed by atoms with E-state index in [1.54, 1.807) is 23.2 Å². The molecule has 208 valence electrons. The van der Waals surface area contributed by atoms with Crippen LogP contribution in [0.4, 0.5) is 4.79 Å². The Balaban J connectivity index is 1.18. The van der Waals surface area contributed by atoms with Gasteiger partial charge in [-0.15, -0.1) is 0 Å². The molecule has 0 aliphatic carbocycles. The van der Waals surface area contributed by atoms with Crippen LogP contribution in [0.2, 0.25) is 0 Å². The Hall–Kier alpha value is -4.88. The van der Waals surface area contributed by atoms with Crippen LogP contribution in [0.3, 0.4) is 0 Å². The van der Waals surface area contributed by atoms with E-state index in [9.17, 15) is 14.9 Å². The van der Waals surface area contributed by atoms with Gasteiger partial charge in [0.1, 0.15) is 29.2 Å². The van der Waals surface area contributed by atoms with Crippen molar-refractivity contribution in [3.05, 3.63) is 71.9 Å². The Morgan fingerprint density at radius 2 is 1.93 bits per heavy atom. The van der Waals surface area contributed by atoms with Gasteiger partial charge in [0, 0.05) is 68.0 Å². The number of pyridine rings is 1. The fourth-order valence-corrected chi connectivity index (χ4v) is 5.09. The molecule has 2 aromatic carbocycles. The number of urea groups is 1. The number of benzene rings is 2. The number of hydrogen-bond donors (Lipinski definition) is 2. The van der Waals surface area contributed by atoms with Crippen molar-refractivity contribution in [1.29, 1.82) is 5.26 Å². The first-order valence-corrected chi connectivity index (χ1v) is 13.7. The van der Waals surface area contributed by atoms with Gasteiger partial charge in [-0.25, -0.2) is 4.79 Å². The SMILES string of the molecule is N#Cc1cc(-c2ccnc3cc(-c4ccc(C(=O)NCCN5CCNC5=O)cc4)oc23)ccc1OC1CCOCC1. The van der Waals surface area contributed by atoms with Gasteiger partial charge in [0.25, 0.3) is 5.91 Å². The molecule has 41 heavy (non-hydrogen) atoms. The van der Waals surface area contributed by atoms with Gasteiger partial charge in [-0.1, -0.05) is 18.2 Å². The third-order valence-electron chi connectivity index (χ3n) is 7.33. The topological polar surface area (TPSA) is 130 Å². The molecule has 2 saturated heterocycles. The first-order chi connectivity index (χ1) is 20.1. The van der Waals surface area contributed by atoms with Crippen LogP contribution in [0.1, 0.15) is 28.8 Å². The first kappa shape index (κ1) is 26.3. The quantitative estimate of drug-likeness (QED) is 0.333. The molecule has 0 saturated carbocycles. The van der Waals surface area contributed by atoms with E-state index in [-0.39, 0.29) is 18.0 Å². The zero-order valence-corrected chi connectivity index (χ0v) is 22.4. The molecular weight excluding hydrogens is 522 g/mol. The maximum absolute atomic E-state index is 12.6. The molecule has 0 spiro atoms. The molecular formula is C31H29N5O5. The second-order valence-electron chi connectivity index (χ2n) is 9.99. The van der Waals surface area contributed by atoms with Crippen LogP contribution in [0.25, 0.3) is 33.6 Å². The van der Waals surface area contributed by atoms with Crippen LogP contribution >= 0.6 is 0 Å². The van der Waals surface area contributed by atoms with E-state index >= 15 is 0 Å². The molecule has 0 radical (unpaired) electrons.